The molecule has 4 aromatic rings. The number of anilines is 3. The Labute approximate surface area is 203 Å². The van der Waals surface area contributed by atoms with E-state index in [1.165, 1.54) is 6.07 Å². The number of rotatable bonds is 8. The zero-order chi connectivity index (χ0) is 24.2. The fourth-order valence-electron chi connectivity index (χ4n) is 4.40. The van der Waals surface area contributed by atoms with Crippen LogP contribution in [0, 0.1) is 5.82 Å². The van der Waals surface area contributed by atoms with Crippen molar-refractivity contribution in [2.45, 2.75) is 6.54 Å². The summed E-state index contributed by atoms with van der Waals surface area (Å²) in [6.07, 6.45) is 3.55. The van der Waals surface area contributed by atoms with Gasteiger partial charge in [0, 0.05) is 38.1 Å². The highest BCUT2D eigenvalue weighted by atomic mass is 19.1. The molecule has 0 unspecified atom stereocenters. The molecule has 8 nitrogen and oxygen atoms in total. The van der Waals surface area contributed by atoms with Gasteiger partial charge in [-0.15, -0.1) is 0 Å². The molecule has 1 fully saturated rings. The van der Waals surface area contributed by atoms with Crippen molar-refractivity contribution in [3.05, 3.63) is 72.3 Å². The van der Waals surface area contributed by atoms with Gasteiger partial charge in [0.05, 0.1) is 49.8 Å². The molecular weight excluding hydrogens is 447 g/mol. The molecule has 9 heteroatoms. The van der Waals surface area contributed by atoms with E-state index >= 15 is 4.39 Å². The monoisotopic (exact) mass is 476 g/mol. The zero-order valence-electron chi connectivity index (χ0n) is 19.7. The second-order valence-electron chi connectivity index (χ2n) is 8.53. The minimum absolute atomic E-state index is 0.359. The van der Waals surface area contributed by atoms with Gasteiger partial charge in [-0.3, -0.25) is 4.90 Å². The summed E-state index contributed by atoms with van der Waals surface area (Å²) in [4.78, 5) is 8.93. The van der Waals surface area contributed by atoms with Gasteiger partial charge in [-0.25, -0.2) is 14.1 Å². The smallest absolute Gasteiger partial charge is 0.160 e. The first-order valence-electron chi connectivity index (χ1n) is 11.7. The quantitative estimate of drug-likeness (QED) is 0.389. The predicted octanol–water partition coefficient (Wildman–Crippen LogP) is 3.68. The highest BCUT2D eigenvalue weighted by molar-refractivity contribution is 5.91. The number of halogens is 1. The standard InChI is InChI=1S/C26H29FN6O2/c1-34-21-5-2-19(3-6-21)18-33-26-22(17-30-33)24(8-9-29-26)32(11-10-31-12-14-35-15-13-31)25-7-4-20(28)16-23(25)27/h2-9,16-17H,10-15,18,28H2,1H3. The van der Waals surface area contributed by atoms with Crippen LogP contribution in [0.1, 0.15) is 5.56 Å². The van der Waals surface area contributed by atoms with Crippen molar-refractivity contribution in [3.63, 3.8) is 0 Å². The molecule has 2 N–H and O–H groups in total. The normalized spacial score (nSPS) is 14.3. The number of nitrogen functional groups attached to an aromatic ring is 1. The summed E-state index contributed by atoms with van der Waals surface area (Å²) in [5.74, 6) is 0.448. The minimum Gasteiger partial charge on any atom is -0.497 e. The molecule has 1 aliphatic heterocycles. The van der Waals surface area contributed by atoms with Gasteiger partial charge >= 0.3 is 0 Å². The lowest BCUT2D eigenvalue weighted by Crippen LogP contribution is -2.40. The number of aromatic nitrogens is 3. The molecular formula is C26H29FN6O2. The van der Waals surface area contributed by atoms with E-state index in [4.69, 9.17) is 15.2 Å². The molecule has 2 aromatic heterocycles. The Morgan fingerprint density at radius 3 is 2.63 bits per heavy atom. The van der Waals surface area contributed by atoms with Crippen LogP contribution in [0.25, 0.3) is 11.0 Å². The second kappa shape index (κ2) is 10.3. The summed E-state index contributed by atoms with van der Waals surface area (Å²) in [5, 5.41) is 5.47. The molecule has 0 bridgehead atoms. The molecule has 1 saturated heterocycles. The summed E-state index contributed by atoms with van der Waals surface area (Å²) < 4.78 is 27.7. The maximum atomic E-state index is 15.1. The Kier molecular flexibility index (Phi) is 6.78. The van der Waals surface area contributed by atoms with Crippen LogP contribution in [0.5, 0.6) is 5.75 Å². The van der Waals surface area contributed by atoms with E-state index in [-0.39, 0.29) is 5.82 Å². The predicted molar refractivity (Wildman–Crippen MR) is 135 cm³/mol. The first-order valence-corrected chi connectivity index (χ1v) is 11.7. The summed E-state index contributed by atoms with van der Waals surface area (Å²) in [7, 11) is 1.65. The molecule has 0 spiro atoms. The second-order valence-corrected chi connectivity index (χ2v) is 8.53. The lowest BCUT2D eigenvalue weighted by molar-refractivity contribution is 0.0394. The molecule has 0 amide bonds. The number of hydrogen-bond acceptors (Lipinski definition) is 7. The third-order valence-electron chi connectivity index (χ3n) is 6.31. The number of methoxy groups -OCH3 is 1. The number of nitrogens with zero attached hydrogens (tertiary/aromatic N) is 5. The van der Waals surface area contributed by atoms with Gasteiger partial charge < -0.3 is 20.1 Å². The summed E-state index contributed by atoms with van der Waals surface area (Å²) in [6.45, 7) is 5.10. The van der Waals surface area contributed by atoms with Crippen molar-refractivity contribution in [3.8, 4) is 5.75 Å². The van der Waals surface area contributed by atoms with Crippen molar-refractivity contribution in [1.82, 2.24) is 19.7 Å². The molecule has 0 radical (unpaired) electrons. The first kappa shape index (κ1) is 23.1. The average Bonchev–Trinajstić information content (AvgIpc) is 3.29. The SMILES string of the molecule is COc1ccc(Cn2ncc3c(N(CCN4CCOCC4)c4ccc(N)cc4F)ccnc32)cc1. The van der Waals surface area contributed by atoms with Crippen LogP contribution in [-0.4, -0.2) is 66.2 Å². The maximum Gasteiger partial charge on any atom is 0.160 e. The number of fused-ring (bicyclic) bond motifs is 1. The molecule has 35 heavy (non-hydrogen) atoms. The van der Waals surface area contributed by atoms with E-state index in [2.05, 4.69) is 15.0 Å². The van der Waals surface area contributed by atoms with Crippen LogP contribution in [0.2, 0.25) is 0 Å². The first-order chi connectivity index (χ1) is 17.1. The number of nitrogens with two attached hydrogens (primary N) is 1. The van der Waals surface area contributed by atoms with E-state index in [0.717, 1.165) is 47.7 Å². The molecule has 182 valence electrons. The van der Waals surface area contributed by atoms with E-state index in [1.54, 1.807) is 31.6 Å². The average molecular weight is 477 g/mol. The highest BCUT2D eigenvalue weighted by Crippen LogP contribution is 2.33. The minimum atomic E-state index is -0.359. The molecule has 0 atom stereocenters. The summed E-state index contributed by atoms with van der Waals surface area (Å²) >= 11 is 0. The Balaban J connectivity index is 1.49. The van der Waals surface area contributed by atoms with Gasteiger partial charge in [-0.2, -0.15) is 5.10 Å². The van der Waals surface area contributed by atoms with Gasteiger partial charge in [-0.1, -0.05) is 12.1 Å². The van der Waals surface area contributed by atoms with Crippen molar-refractivity contribution in [1.29, 1.82) is 0 Å². The molecule has 0 saturated carbocycles. The van der Waals surface area contributed by atoms with Gasteiger partial charge in [0.1, 0.15) is 11.6 Å². The lowest BCUT2D eigenvalue weighted by atomic mass is 10.2. The Morgan fingerprint density at radius 2 is 1.89 bits per heavy atom. The molecule has 0 aliphatic carbocycles. The third kappa shape index (κ3) is 5.06. The lowest BCUT2D eigenvalue weighted by Gasteiger charge is -2.31. The van der Waals surface area contributed by atoms with Crippen molar-refractivity contribution in [2.75, 3.05) is 57.1 Å². The van der Waals surface area contributed by atoms with Crippen LogP contribution < -0.4 is 15.4 Å². The van der Waals surface area contributed by atoms with E-state index < -0.39 is 0 Å². The van der Waals surface area contributed by atoms with Gasteiger partial charge in [0.2, 0.25) is 0 Å². The van der Waals surface area contributed by atoms with Crippen LogP contribution >= 0.6 is 0 Å². The number of ether oxygens (including phenoxy) is 2. The Morgan fingerprint density at radius 1 is 1.09 bits per heavy atom. The fourth-order valence-corrected chi connectivity index (χ4v) is 4.40. The number of hydrogen-bond donors (Lipinski definition) is 1. The van der Waals surface area contributed by atoms with Gasteiger partial charge in [0.25, 0.3) is 0 Å². The Bertz CT molecular complexity index is 1290. The Hall–Kier alpha value is -3.69. The van der Waals surface area contributed by atoms with Crippen LogP contribution in [0.3, 0.4) is 0 Å². The number of pyridine rings is 1. The van der Waals surface area contributed by atoms with E-state index in [9.17, 15) is 0 Å². The molecule has 1 aliphatic rings. The van der Waals surface area contributed by atoms with Gasteiger partial charge in [-0.05, 0) is 42.0 Å². The van der Waals surface area contributed by atoms with Crippen LogP contribution in [0.15, 0.2) is 60.9 Å². The van der Waals surface area contributed by atoms with E-state index in [0.29, 0.717) is 37.7 Å². The third-order valence-corrected chi connectivity index (χ3v) is 6.31. The van der Waals surface area contributed by atoms with E-state index in [1.807, 2.05) is 39.9 Å². The fraction of sp³-hybridized carbons (Fsp3) is 0.308. The van der Waals surface area contributed by atoms with Gasteiger partial charge in [0.15, 0.2) is 5.65 Å². The van der Waals surface area contributed by atoms with Crippen molar-refractivity contribution >= 4 is 28.1 Å². The summed E-state index contributed by atoms with van der Waals surface area (Å²) in [5.41, 5.74) is 9.38. The zero-order valence-corrected chi connectivity index (χ0v) is 19.7. The number of benzene rings is 2. The molecule has 3 heterocycles. The molecule has 2 aromatic carbocycles. The van der Waals surface area contributed by atoms with Crippen LogP contribution in [0.4, 0.5) is 21.5 Å². The highest BCUT2D eigenvalue weighted by Gasteiger charge is 2.20. The molecule has 5 rings (SSSR count). The topological polar surface area (TPSA) is 81.7 Å². The maximum absolute atomic E-state index is 15.1. The van der Waals surface area contributed by atoms with Crippen molar-refractivity contribution in [2.24, 2.45) is 0 Å². The largest absolute Gasteiger partial charge is 0.497 e. The number of morpholine rings is 1. The summed E-state index contributed by atoms with van der Waals surface area (Å²) in [6, 6.07) is 14.6. The van der Waals surface area contributed by atoms with Crippen LogP contribution in [-0.2, 0) is 11.3 Å². The van der Waals surface area contributed by atoms with Crippen molar-refractivity contribution < 1.29 is 13.9 Å².